The summed E-state index contributed by atoms with van der Waals surface area (Å²) in [6.07, 6.45) is 2.36. The van der Waals surface area contributed by atoms with Gasteiger partial charge in [0, 0.05) is 12.5 Å². The molecule has 0 amide bonds. The van der Waals surface area contributed by atoms with E-state index in [-0.39, 0.29) is 12.4 Å². The summed E-state index contributed by atoms with van der Waals surface area (Å²) in [7, 11) is 0. The normalized spacial score (nSPS) is 23.0. The van der Waals surface area contributed by atoms with Gasteiger partial charge in [0.15, 0.2) is 0 Å². The molecule has 3 rings (SSSR count). The first-order chi connectivity index (χ1) is 6.43. The third-order valence-electron chi connectivity index (χ3n) is 2.94. The van der Waals surface area contributed by atoms with Gasteiger partial charge in [0.1, 0.15) is 5.75 Å². The maximum atomic E-state index is 5.46. The molecule has 1 fully saturated rings. The van der Waals surface area contributed by atoms with Crippen LogP contribution in [0.15, 0.2) is 18.2 Å². The largest absolute Gasteiger partial charge is 0.493 e. The molecule has 0 spiro atoms. The van der Waals surface area contributed by atoms with Crippen molar-refractivity contribution in [3.8, 4) is 5.75 Å². The van der Waals surface area contributed by atoms with Crippen LogP contribution in [0.2, 0.25) is 0 Å². The van der Waals surface area contributed by atoms with E-state index >= 15 is 0 Å². The van der Waals surface area contributed by atoms with E-state index in [1.54, 1.807) is 0 Å². The lowest BCUT2D eigenvalue weighted by Crippen LogP contribution is -2.34. The molecule has 1 N–H and O–H groups in total. The van der Waals surface area contributed by atoms with Gasteiger partial charge in [-0.25, -0.2) is 0 Å². The molecular weight excluding hydrogens is 198 g/mol. The quantitative estimate of drug-likeness (QED) is 0.768. The van der Waals surface area contributed by atoms with Crippen LogP contribution in [0.4, 0.5) is 0 Å². The molecule has 3 heteroatoms. The van der Waals surface area contributed by atoms with Gasteiger partial charge in [-0.1, -0.05) is 12.1 Å². The molecule has 2 aliphatic rings. The summed E-state index contributed by atoms with van der Waals surface area (Å²) in [6, 6.07) is 7.18. The van der Waals surface area contributed by atoms with Crippen LogP contribution < -0.4 is 10.1 Å². The van der Waals surface area contributed by atoms with E-state index in [0.717, 1.165) is 25.3 Å². The molecule has 1 aromatic rings. The van der Waals surface area contributed by atoms with Crippen molar-refractivity contribution < 1.29 is 4.74 Å². The highest BCUT2D eigenvalue weighted by Crippen LogP contribution is 2.30. The van der Waals surface area contributed by atoms with E-state index in [1.165, 1.54) is 17.5 Å². The zero-order valence-electron chi connectivity index (χ0n) is 7.95. The fourth-order valence-electron chi connectivity index (χ4n) is 2.00. The lowest BCUT2D eigenvalue weighted by molar-refractivity contribution is 0.356. The van der Waals surface area contributed by atoms with E-state index < -0.39 is 0 Å². The minimum atomic E-state index is 0. The monoisotopic (exact) mass is 211 g/mol. The maximum Gasteiger partial charge on any atom is 0.122 e. The number of hydrogen-bond donors (Lipinski definition) is 1. The average molecular weight is 212 g/mol. The van der Waals surface area contributed by atoms with E-state index in [9.17, 15) is 0 Å². The molecule has 0 bridgehead atoms. The number of halogens is 1. The van der Waals surface area contributed by atoms with Crippen LogP contribution in [-0.2, 0) is 6.42 Å². The van der Waals surface area contributed by atoms with E-state index in [1.807, 2.05) is 0 Å². The minimum Gasteiger partial charge on any atom is -0.493 e. The van der Waals surface area contributed by atoms with Gasteiger partial charge in [0.2, 0.25) is 0 Å². The Bertz CT molecular complexity index is 336. The van der Waals surface area contributed by atoms with Crippen molar-refractivity contribution in [1.82, 2.24) is 5.32 Å². The minimum absolute atomic E-state index is 0. The van der Waals surface area contributed by atoms with Gasteiger partial charge in [0.25, 0.3) is 0 Å². The van der Waals surface area contributed by atoms with Crippen molar-refractivity contribution in [2.75, 3.05) is 13.2 Å². The Morgan fingerprint density at radius 1 is 1.36 bits per heavy atom. The summed E-state index contributed by atoms with van der Waals surface area (Å²) >= 11 is 0. The summed E-state index contributed by atoms with van der Waals surface area (Å²) in [5.74, 6) is 1.09. The molecule has 1 saturated heterocycles. The van der Waals surface area contributed by atoms with Gasteiger partial charge in [-0.15, -0.1) is 12.4 Å². The predicted molar refractivity (Wildman–Crippen MR) is 58.2 cm³/mol. The van der Waals surface area contributed by atoms with Crippen LogP contribution in [0.1, 0.15) is 23.6 Å². The second kappa shape index (κ2) is 3.79. The highest BCUT2D eigenvalue weighted by molar-refractivity contribution is 5.85. The van der Waals surface area contributed by atoms with Gasteiger partial charge in [-0.2, -0.15) is 0 Å². The van der Waals surface area contributed by atoms with Crippen LogP contribution in [0.5, 0.6) is 5.75 Å². The van der Waals surface area contributed by atoms with Crippen LogP contribution in [-0.4, -0.2) is 13.2 Å². The van der Waals surface area contributed by atoms with Gasteiger partial charge >= 0.3 is 0 Å². The van der Waals surface area contributed by atoms with E-state index in [2.05, 4.69) is 23.5 Å². The second-order valence-corrected chi connectivity index (χ2v) is 3.76. The van der Waals surface area contributed by atoms with E-state index in [0.29, 0.717) is 6.04 Å². The smallest absolute Gasteiger partial charge is 0.122 e. The lowest BCUT2D eigenvalue weighted by atomic mass is 9.96. The molecule has 2 heterocycles. The zero-order chi connectivity index (χ0) is 8.67. The Hall–Kier alpha value is -0.730. The first-order valence-corrected chi connectivity index (χ1v) is 4.92. The molecule has 0 unspecified atom stereocenters. The Labute approximate surface area is 90.1 Å². The van der Waals surface area contributed by atoms with Gasteiger partial charge in [-0.05, 0) is 30.2 Å². The summed E-state index contributed by atoms with van der Waals surface area (Å²) in [5.41, 5.74) is 2.81. The summed E-state index contributed by atoms with van der Waals surface area (Å²) in [4.78, 5) is 0. The van der Waals surface area contributed by atoms with E-state index in [4.69, 9.17) is 4.74 Å². The maximum absolute atomic E-state index is 5.46. The Morgan fingerprint density at radius 2 is 2.21 bits per heavy atom. The summed E-state index contributed by atoms with van der Waals surface area (Å²) < 4.78 is 5.46. The number of rotatable bonds is 1. The van der Waals surface area contributed by atoms with Crippen molar-refractivity contribution in [2.45, 2.75) is 18.9 Å². The molecule has 1 aromatic carbocycles. The number of nitrogens with one attached hydrogen (secondary N) is 1. The van der Waals surface area contributed by atoms with Crippen LogP contribution in [0.3, 0.4) is 0 Å². The van der Waals surface area contributed by atoms with Crippen LogP contribution >= 0.6 is 12.4 Å². The number of ether oxygens (including phenoxy) is 1. The molecule has 0 aromatic heterocycles. The molecule has 0 radical (unpaired) electrons. The highest BCUT2D eigenvalue weighted by Gasteiger charge is 2.20. The molecule has 0 aliphatic carbocycles. The topological polar surface area (TPSA) is 21.3 Å². The Morgan fingerprint density at radius 3 is 2.93 bits per heavy atom. The SMILES string of the molecule is Cl.c1cc2c(cc1[C@@H]1CCN1)CCO2. The molecule has 14 heavy (non-hydrogen) atoms. The first-order valence-electron chi connectivity index (χ1n) is 4.92. The Kier molecular flexibility index (Phi) is 2.66. The highest BCUT2D eigenvalue weighted by atomic mass is 35.5. The molecule has 1 atom stereocenters. The molecule has 76 valence electrons. The van der Waals surface area contributed by atoms with Crippen molar-refractivity contribution in [3.63, 3.8) is 0 Å². The first kappa shape index (κ1) is 9.81. The molecule has 2 aliphatic heterocycles. The number of hydrogen-bond acceptors (Lipinski definition) is 2. The van der Waals surface area contributed by atoms with Crippen molar-refractivity contribution in [2.24, 2.45) is 0 Å². The Balaban J connectivity index is 0.000000750. The summed E-state index contributed by atoms with van der Waals surface area (Å²) in [5, 5.41) is 3.41. The molecular formula is C11H14ClNO. The second-order valence-electron chi connectivity index (χ2n) is 3.76. The standard InChI is InChI=1S/C11H13NO.ClH/c1-2-11-9(4-6-13-11)7-8(1)10-3-5-12-10;/h1-2,7,10,12H,3-6H2;1H/t10-;/m0./s1. The van der Waals surface area contributed by atoms with Gasteiger partial charge in [-0.3, -0.25) is 0 Å². The summed E-state index contributed by atoms with van der Waals surface area (Å²) in [6.45, 7) is 2.02. The third kappa shape index (κ3) is 1.49. The van der Waals surface area contributed by atoms with Gasteiger partial charge in [0.05, 0.1) is 6.61 Å². The van der Waals surface area contributed by atoms with Crippen LogP contribution in [0.25, 0.3) is 0 Å². The fraction of sp³-hybridized carbons (Fsp3) is 0.455. The number of fused-ring (bicyclic) bond motifs is 1. The predicted octanol–water partition coefficient (Wildman–Crippen LogP) is 2.08. The van der Waals surface area contributed by atoms with Crippen molar-refractivity contribution in [1.29, 1.82) is 0 Å². The average Bonchev–Trinajstić information content (AvgIpc) is 2.47. The van der Waals surface area contributed by atoms with Crippen molar-refractivity contribution in [3.05, 3.63) is 29.3 Å². The molecule has 0 saturated carbocycles. The van der Waals surface area contributed by atoms with Gasteiger partial charge < -0.3 is 10.1 Å². The fourth-order valence-corrected chi connectivity index (χ4v) is 2.00. The zero-order valence-corrected chi connectivity index (χ0v) is 8.77. The molecule has 2 nitrogen and oxygen atoms in total. The van der Waals surface area contributed by atoms with Crippen LogP contribution in [0, 0.1) is 0 Å². The lowest BCUT2D eigenvalue weighted by Gasteiger charge is -2.28. The van der Waals surface area contributed by atoms with Crippen molar-refractivity contribution >= 4 is 12.4 Å². The third-order valence-corrected chi connectivity index (χ3v) is 2.94. The number of benzene rings is 1.